The lowest BCUT2D eigenvalue weighted by Crippen LogP contribution is -2.51. The smallest absolute Gasteiger partial charge is 0.0238 e. The van der Waals surface area contributed by atoms with Crippen LogP contribution in [-0.2, 0) is 0 Å². The lowest BCUT2D eigenvalue weighted by Gasteiger charge is -2.60. The van der Waals surface area contributed by atoms with Gasteiger partial charge in [0.1, 0.15) is 0 Å². The predicted molar refractivity (Wildman–Crippen MR) is 83.2 cm³/mol. The molecule has 3 atom stereocenters. The molecule has 0 heterocycles. The minimum Gasteiger partial charge on any atom is -0.0648 e. The Balaban J connectivity index is 1.89. The van der Waals surface area contributed by atoms with Crippen molar-refractivity contribution in [1.29, 1.82) is 0 Å². The Labute approximate surface area is 120 Å². The van der Waals surface area contributed by atoms with Crippen LogP contribution in [0.4, 0.5) is 0 Å². The molecule has 0 aliphatic heterocycles. The van der Waals surface area contributed by atoms with Gasteiger partial charge in [0.25, 0.3) is 0 Å². The summed E-state index contributed by atoms with van der Waals surface area (Å²) in [5.41, 5.74) is 1.40. The SMILES string of the molecule is CCC1(C2(C)CCCC3CCCCC32)CCCCC1. The van der Waals surface area contributed by atoms with E-state index in [2.05, 4.69) is 13.8 Å². The van der Waals surface area contributed by atoms with Crippen molar-refractivity contribution in [2.45, 2.75) is 97.3 Å². The summed E-state index contributed by atoms with van der Waals surface area (Å²) in [7, 11) is 0. The van der Waals surface area contributed by atoms with E-state index in [1.165, 1.54) is 44.9 Å². The standard InChI is InChI=1S/C19H34/c1-3-19(14-7-4-8-15-19)18(2)13-9-11-16-10-5-6-12-17(16)18/h16-17H,3-15H2,1-2H3. The molecule has 0 nitrogen and oxygen atoms in total. The molecular formula is C19H34. The van der Waals surface area contributed by atoms with Crippen LogP contribution in [0.25, 0.3) is 0 Å². The van der Waals surface area contributed by atoms with E-state index in [-0.39, 0.29) is 0 Å². The van der Waals surface area contributed by atoms with E-state index in [1.54, 1.807) is 38.5 Å². The van der Waals surface area contributed by atoms with Crippen LogP contribution in [0, 0.1) is 22.7 Å². The molecule has 0 saturated heterocycles. The Bertz CT molecular complexity index is 297. The second-order valence-corrected chi connectivity index (χ2v) is 8.16. The lowest BCUT2D eigenvalue weighted by atomic mass is 9.45. The van der Waals surface area contributed by atoms with Gasteiger partial charge in [0.2, 0.25) is 0 Å². The maximum absolute atomic E-state index is 2.73. The fourth-order valence-corrected chi connectivity index (χ4v) is 6.52. The zero-order valence-corrected chi connectivity index (χ0v) is 13.3. The van der Waals surface area contributed by atoms with Gasteiger partial charge in [-0.2, -0.15) is 0 Å². The molecule has 0 aromatic heterocycles. The third-order valence-electron chi connectivity index (χ3n) is 7.70. The van der Waals surface area contributed by atoms with Crippen LogP contribution in [-0.4, -0.2) is 0 Å². The Morgan fingerprint density at radius 2 is 1.47 bits per heavy atom. The zero-order valence-electron chi connectivity index (χ0n) is 13.3. The highest BCUT2D eigenvalue weighted by Crippen LogP contribution is 2.64. The predicted octanol–water partition coefficient (Wildman–Crippen LogP) is 6.34. The van der Waals surface area contributed by atoms with Crippen LogP contribution in [0.3, 0.4) is 0 Å². The summed E-state index contributed by atoms with van der Waals surface area (Å²) in [6.45, 7) is 5.23. The van der Waals surface area contributed by atoms with Crippen LogP contribution in [0.1, 0.15) is 97.3 Å². The molecule has 0 N–H and O–H groups in total. The molecule has 3 fully saturated rings. The van der Waals surface area contributed by atoms with E-state index in [0.29, 0.717) is 10.8 Å². The number of fused-ring (bicyclic) bond motifs is 1. The summed E-state index contributed by atoms with van der Waals surface area (Å²) in [5, 5.41) is 0. The first-order valence-corrected chi connectivity index (χ1v) is 9.22. The van der Waals surface area contributed by atoms with E-state index in [9.17, 15) is 0 Å². The van der Waals surface area contributed by atoms with Crippen LogP contribution < -0.4 is 0 Å². The number of rotatable bonds is 2. The van der Waals surface area contributed by atoms with Crippen molar-refractivity contribution >= 4 is 0 Å². The summed E-state index contributed by atoms with van der Waals surface area (Å²) in [6.07, 6.45) is 19.9. The van der Waals surface area contributed by atoms with Gasteiger partial charge < -0.3 is 0 Å². The molecule has 3 aliphatic carbocycles. The maximum Gasteiger partial charge on any atom is -0.0238 e. The summed E-state index contributed by atoms with van der Waals surface area (Å²) in [6, 6.07) is 0. The second kappa shape index (κ2) is 5.41. The first-order valence-electron chi connectivity index (χ1n) is 9.22. The molecule has 0 aromatic carbocycles. The van der Waals surface area contributed by atoms with Crippen LogP contribution in [0.15, 0.2) is 0 Å². The Morgan fingerprint density at radius 1 is 0.789 bits per heavy atom. The van der Waals surface area contributed by atoms with E-state index < -0.39 is 0 Å². The van der Waals surface area contributed by atoms with Crippen molar-refractivity contribution in [3.63, 3.8) is 0 Å². The van der Waals surface area contributed by atoms with Gasteiger partial charge in [0, 0.05) is 0 Å². The van der Waals surface area contributed by atoms with E-state index in [4.69, 9.17) is 0 Å². The molecule has 19 heavy (non-hydrogen) atoms. The molecule has 3 unspecified atom stereocenters. The van der Waals surface area contributed by atoms with Crippen LogP contribution in [0.2, 0.25) is 0 Å². The van der Waals surface area contributed by atoms with Crippen molar-refractivity contribution in [2.75, 3.05) is 0 Å². The minimum atomic E-state index is 0.686. The van der Waals surface area contributed by atoms with E-state index in [0.717, 1.165) is 11.8 Å². The van der Waals surface area contributed by atoms with Gasteiger partial charge in [0.05, 0.1) is 0 Å². The van der Waals surface area contributed by atoms with Crippen molar-refractivity contribution < 1.29 is 0 Å². The van der Waals surface area contributed by atoms with Gasteiger partial charge in [-0.1, -0.05) is 65.2 Å². The second-order valence-electron chi connectivity index (χ2n) is 8.16. The monoisotopic (exact) mass is 262 g/mol. The third-order valence-corrected chi connectivity index (χ3v) is 7.70. The average Bonchev–Trinajstić information content (AvgIpc) is 2.48. The van der Waals surface area contributed by atoms with Gasteiger partial charge in [-0.05, 0) is 54.8 Å². The fraction of sp³-hybridized carbons (Fsp3) is 1.00. The van der Waals surface area contributed by atoms with Gasteiger partial charge in [-0.3, -0.25) is 0 Å². The molecule has 0 spiro atoms. The topological polar surface area (TPSA) is 0 Å². The highest BCUT2D eigenvalue weighted by atomic mass is 14.6. The summed E-state index contributed by atoms with van der Waals surface area (Å²) >= 11 is 0. The van der Waals surface area contributed by atoms with Gasteiger partial charge in [-0.25, -0.2) is 0 Å². The Hall–Kier alpha value is 0. The summed E-state index contributed by atoms with van der Waals surface area (Å²) < 4.78 is 0. The maximum atomic E-state index is 2.73. The highest BCUT2D eigenvalue weighted by Gasteiger charge is 2.54. The molecular weight excluding hydrogens is 228 g/mol. The summed E-state index contributed by atoms with van der Waals surface area (Å²) in [4.78, 5) is 0. The van der Waals surface area contributed by atoms with E-state index >= 15 is 0 Å². The first kappa shape index (κ1) is 14.0. The Morgan fingerprint density at radius 3 is 2.21 bits per heavy atom. The van der Waals surface area contributed by atoms with Crippen LogP contribution in [0.5, 0.6) is 0 Å². The van der Waals surface area contributed by atoms with Gasteiger partial charge in [-0.15, -0.1) is 0 Å². The normalized spacial score (nSPS) is 42.6. The van der Waals surface area contributed by atoms with Crippen molar-refractivity contribution in [3.05, 3.63) is 0 Å². The molecule has 0 radical (unpaired) electrons. The molecule has 0 amide bonds. The number of hydrogen-bond donors (Lipinski definition) is 0. The molecule has 3 aliphatic rings. The van der Waals surface area contributed by atoms with Gasteiger partial charge in [0.15, 0.2) is 0 Å². The zero-order chi connectivity index (χ0) is 13.3. The third kappa shape index (κ3) is 2.18. The van der Waals surface area contributed by atoms with Crippen molar-refractivity contribution in [1.82, 2.24) is 0 Å². The largest absolute Gasteiger partial charge is 0.0648 e. The van der Waals surface area contributed by atoms with Crippen molar-refractivity contribution in [3.8, 4) is 0 Å². The minimum absolute atomic E-state index is 0.686. The summed E-state index contributed by atoms with van der Waals surface area (Å²) in [5.74, 6) is 2.17. The van der Waals surface area contributed by atoms with Crippen molar-refractivity contribution in [2.24, 2.45) is 22.7 Å². The lowest BCUT2D eigenvalue weighted by molar-refractivity contribution is -0.102. The Kier molecular flexibility index (Phi) is 3.98. The molecule has 0 bridgehead atoms. The highest BCUT2D eigenvalue weighted by molar-refractivity contribution is 5.04. The molecule has 3 saturated carbocycles. The van der Waals surface area contributed by atoms with E-state index in [1.807, 2.05) is 0 Å². The molecule has 110 valence electrons. The molecule has 0 heteroatoms. The molecule has 0 aromatic rings. The first-order chi connectivity index (χ1) is 9.22. The molecule has 3 rings (SSSR count). The number of hydrogen-bond acceptors (Lipinski definition) is 0. The van der Waals surface area contributed by atoms with Gasteiger partial charge >= 0.3 is 0 Å². The quantitative estimate of drug-likeness (QED) is 0.544. The van der Waals surface area contributed by atoms with Crippen LogP contribution >= 0.6 is 0 Å². The average molecular weight is 262 g/mol. The fourth-order valence-electron chi connectivity index (χ4n) is 6.52.